The molecule has 0 radical (unpaired) electrons. The van der Waals surface area contributed by atoms with E-state index in [0.717, 1.165) is 17.0 Å². The number of methoxy groups -OCH3 is 1. The van der Waals surface area contributed by atoms with Gasteiger partial charge < -0.3 is 10.1 Å². The first-order chi connectivity index (χ1) is 10.5. The van der Waals surface area contributed by atoms with Crippen LogP contribution in [0.1, 0.15) is 12.6 Å². The maximum atomic E-state index is 12.0. The molecule has 0 bridgehead atoms. The highest BCUT2D eigenvalue weighted by Gasteiger charge is 2.17. The van der Waals surface area contributed by atoms with Crippen LogP contribution < -0.4 is 5.32 Å². The minimum absolute atomic E-state index is 0.0556. The van der Waals surface area contributed by atoms with E-state index in [9.17, 15) is 9.59 Å². The maximum absolute atomic E-state index is 12.0. The molecule has 0 aliphatic carbocycles. The van der Waals surface area contributed by atoms with E-state index in [0.29, 0.717) is 0 Å². The second-order valence-corrected chi connectivity index (χ2v) is 5.01. The predicted molar refractivity (Wildman–Crippen MR) is 82.0 cm³/mol. The van der Waals surface area contributed by atoms with E-state index in [1.54, 1.807) is 11.6 Å². The lowest BCUT2D eigenvalue weighted by Gasteiger charge is -2.11. The molecule has 1 heterocycles. The Morgan fingerprint density at radius 3 is 2.64 bits per heavy atom. The van der Waals surface area contributed by atoms with Crippen LogP contribution in [0.5, 0.6) is 0 Å². The Hall–Kier alpha value is -2.63. The zero-order valence-corrected chi connectivity index (χ0v) is 12.9. The number of nitrogens with one attached hydrogen (secondary N) is 1. The number of amides is 1. The molecule has 22 heavy (non-hydrogen) atoms. The summed E-state index contributed by atoms with van der Waals surface area (Å²) in [6.45, 7) is 3.52. The summed E-state index contributed by atoms with van der Waals surface area (Å²) in [5.74, 6) is -0.765. The Labute approximate surface area is 129 Å². The van der Waals surface area contributed by atoms with Crippen LogP contribution in [0.15, 0.2) is 36.4 Å². The molecular weight excluding hydrogens is 282 g/mol. The van der Waals surface area contributed by atoms with Crippen molar-refractivity contribution in [1.29, 1.82) is 0 Å². The van der Waals surface area contributed by atoms with E-state index in [4.69, 9.17) is 0 Å². The summed E-state index contributed by atoms with van der Waals surface area (Å²) in [7, 11) is 1.29. The topological polar surface area (TPSA) is 73.2 Å². The van der Waals surface area contributed by atoms with E-state index < -0.39 is 12.0 Å². The molecular formula is C16H19N3O3. The lowest BCUT2D eigenvalue weighted by Crippen LogP contribution is -2.41. The fourth-order valence-corrected chi connectivity index (χ4v) is 2.08. The first-order valence-corrected chi connectivity index (χ1v) is 6.98. The third-order valence-corrected chi connectivity index (χ3v) is 3.28. The first kappa shape index (κ1) is 15.8. The first-order valence-electron chi connectivity index (χ1n) is 6.98. The van der Waals surface area contributed by atoms with Crippen LogP contribution in [0.3, 0.4) is 0 Å². The van der Waals surface area contributed by atoms with Gasteiger partial charge in [-0.25, -0.2) is 4.79 Å². The number of benzene rings is 1. The number of aryl methyl sites for hydroxylation is 1. The quantitative estimate of drug-likeness (QED) is 0.850. The number of rotatable bonds is 5. The van der Waals surface area contributed by atoms with Crippen LogP contribution in [0.25, 0.3) is 11.3 Å². The van der Waals surface area contributed by atoms with Gasteiger partial charge in [-0.1, -0.05) is 30.3 Å². The normalized spacial score (nSPS) is 11.8. The minimum Gasteiger partial charge on any atom is -0.467 e. The second kappa shape index (κ2) is 6.89. The monoisotopic (exact) mass is 301 g/mol. The van der Waals surface area contributed by atoms with Crippen LogP contribution in [-0.2, 0) is 20.9 Å². The molecule has 1 N–H and O–H groups in total. The summed E-state index contributed by atoms with van der Waals surface area (Å²) in [5.41, 5.74) is 2.68. The van der Waals surface area contributed by atoms with Crippen molar-refractivity contribution in [2.24, 2.45) is 0 Å². The van der Waals surface area contributed by atoms with Gasteiger partial charge in [0.1, 0.15) is 12.6 Å². The van der Waals surface area contributed by atoms with Crippen molar-refractivity contribution in [2.75, 3.05) is 7.11 Å². The van der Waals surface area contributed by atoms with Crippen molar-refractivity contribution < 1.29 is 14.3 Å². The Kier molecular flexibility index (Phi) is 4.93. The molecule has 0 fully saturated rings. The third kappa shape index (κ3) is 3.72. The van der Waals surface area contributed by atoms with Gasteiger partial charge in [-0.3, -0.25) is 9.48 Å². The smallest absolute Gasteiger partial charge is 0.328 e. The zero-order chi connectivity index (χ0) is 16.1. The Bertz CT molecular complexity index is 665. The van der Waals surface area contributed by atoms with Gasteiger partial charge in [-0.15, -0.1) is 0 Å². The SMILES string of the molecule is COC(=O)C(C)NC(=O)Cn1nc(-c2ccccc2)cc1C. The van der Waals surface area contributed by atoms with Gasteiger partial charge in [-0.2, -0.15) is 5.10 Å². The molecule has 1 aromatic carbocycles. The summed E-state index contributed by atoms with van der Waals surface area (Å²) >= 11 is 0. The number of aromatic nitrogens is 2. The van der Waals surface area contributed by atoms with Crippen LogP contribution in [-0.4, -0.2) is 34.8 Å². The number of hydrogen-bond donors (Lipinski definition) is 1. The average Bonchev–Trinajstić information content (AvgIpc) is 2.88. The number of esters is 1. The molecule has 6 heteroatoms. The summed E-state index contributed by atoms with van der Waals surface area (Å²) in [6, 6.07) is 11.0. The second-order valence-electron chi connectivity index (χ2n) is 5.01. The molecule has 116 valence electrons. The Morgan fingerprint density at radius 1 is 1.32 bits per heavy atom. The van der Waals surface area contributed by atoms with Crippen LogP contribution >= 0.6 is 0 Å². The lowest BCUT2D eigenvalue weighted by atomic mass is 10.1. The highest BCUT2D eigenvalue weighted by atomic mass is 16.5. The lowest BCUT2D eigenvalue weighted by molar-refractivity contribution is -0.144. The number of ether oxygens (including phenoxy) is 1. The van der Waals surface area contributed by atoms with Gasteiger partial charge in [0.2, 0.25) is 5.91 Å². The number of carbonyl (C=O) groups excluding carboxylic acids is 2. The number of hydrogen-bond acceptors (Lipinski definition) is 4. The summed E-state index contributed by atoms with van der Waals surface area (Å²) < 4.78 is 6.19. The highest BCUT2D eigenvalue weighted by Crippen LogP contribution is 2.18. The largest absolute Gasteiger partial charge is 0.467 e. The van der Waals surface area contributed by atoms with Crippen molar-refractivity contribution in [1.82, 2.24) is 15.1 Å². The molecule has 0 saturated heterocycles. The zero-order valence-electron chi connectivity index (χ0n) is 12.9. The molecule has 2 rings (SSSR count). The summed E-state index contributed by atoms with van der Waals surface area (Å²) in [4.78, 5) is 23.3. The fraction of sp³-hybridized carbons (Fsp3) is 0.312. The molecule has 1 aromatic heterocycles. The molecule has 1 unspecified atom stereocenters. The van der Waals surface area contributed by atoms with Crippen LogP contribution in [0.2, 0.25) is 0 Å². The molecule has 1 atom stereocenters. The maximum Gasteiger partial charge on any atom is 0.328 e. The summed E-state index contributed by atoms with van der Waals surface area (Å²) in [5, 5.41) is 7.01. The Morgan fingerprint density at radius 2 is 2.00 bits per heavy atom. The number of carbonyl (C=O) groups is 2. The van der Waals surface area contributed by atoms with E-state index in [-0.39, 0.29) is 12.5 Å². The molecule has 2 aromatic rings. The fourth-order valence-electron chi connectivity index (χ4n) is 2.08. The van der Waals surface area contributed by atoms with Crippen molar-refractivity contribution in [3.8, 4) is 11.3 Å². The standard InChI is InChI=1S/C16H19N3O3/c1-11-9-14(13-7-5-4-6-8-13)18-19(11)10-15(20)17-12(2)16(21)22-3/h4-9,12H,10H2,1-3H3,(H,17,20). The average molecular weight is 301 g/mol. The van der Waals surface area contributed by atoms with Crippen LogP contribution in [0.4, 0.5) is 0 Å². The van der Waals surface area contributed by atoms with Crippen molar-refractivity contribution >= 4 is 11.9 Å². The van der Waals surface area contributed by atoms with Gasteiger partial charge in [0.15, 0.2) is 0 Å². The van der Waals surface area contributed by atoms with Crippen LogP contribution in [0, 0.1) is 6.92 Å². The molecule has 6 nitrogen and oxygen atoms in total. The van der Waals surface area contributed by atoms with E-state index in [1.807, 2.05) is 43.3 Å². The van der Waals surface area contributed by atoms with E-state index >= 15 is 0 Å². The summed E-state index contributed by atoms with van der Waals surface area (Å²) in [6.07, 6.45) is 0. The van der Waals surface area contributed by atoms with E-state index in [1.165, 1.54) is 7.11 Å². The van der Waals surface area contributed by atoms with Crippen molar-refractivity contribution in [2.45, 2.75) is 26.4 Å². The van der Waals surface area contributed by atoms with Gasteiger partial charge in [0.05, 0.1) is 12.8 Å². The molecule has 0 saturated carbocycles. The molecule has 1 amide bonds. The predicted octanol–water partition coefficient (Wildman–Crippen LogP) is 1.54. The van der Waals surface area contributed by atoms with Gasteiger partial charge in [-0.05, 0) is 19.9 Å². The molecule has 0 spiro atoms. The minimum atomic E-state index is -0.679. The third-order valence-electron chi connectivity index (χ3n) is 3.28. The van der Waals surface area contributed by atoms with Gasteiger partial charge >= 0.3 is 5.97 Å². The van der Waals surface area contributed by atoms with Crippen molar-refractivity contribution in [3.05, 3.63) is 42.1 Å². The number of nitrogens with zero attached hydrogens (tertiary/aromatic N) is 2. The highest BCUT2D eigenvalue weighted by molar-refractivity contribution is 5.84. The Balaban J connectivity index is 2.06. The van der Waals surface area contributed by atoms with Crippen molar-refractivity contribution in [3.63, 3.8) is 0 Å². The van der Waals surface area contributed by atoms with E-state index in [2.05, 4.69) is 15.2 Å². The molecule has 0 aliphatic heterocycles. The van der Waals surface area contributed by atoms with Gasteiger partial charge in [0.25, 0.3) is 0 Å². The van der Waals surface area contributed by atoms with Gasteiger partial charge in [0, 0.05) is 11.3 Å². The molecule has 0 aliphatic rings.